The topological polar surface area (TPSA) is 135 Å². The molecule has 5 rings (SSSR count). The SMILES string of the molecule is CNC(=O)c1coc(-c2ccnc(C(=O)N3CCN([C@H](c4ccccc4)c4nnn(C(F)F)n4)CC3)c2)n1. The second kappa shape index (κ2) is 10.8. The fourth-order valence-electron chi connectivity index (χ4n) is 4.25. The summed E-state index contributed by atoms with van der Waals surface area (Å²) in [6, 6.07) is 12.0. The molecule has 1 aliphatic heterocycles. The van der Waals surface area contributed by atoms with E-state index in [1.165, 1.54) is 19.5 Å². The average Bonchev–Trinajstić information content (AvgIpc) is 3.65. The minimum absolute atomic E-state index is 0.124. The van der Waals surface area contributed by atoms with E-state index in [-0.39, 0.29) is 39.7 Å². The Labute approximate surface area is 215 Å². The molecular weight excluding hydrogens is 500 g/mol. The lowest BCUT2D eigenvalue weighted by Gasteiger charge is -2.38. The van der Waals surface area contributed by atoms with Crippen LogP contribution in [0.1, 0.15) is 45.0 Å². The minimum Gasteiger partial charge on any atom is -0.444 e. The first-order valence-electron chi connectivity index (χ1n) is 11.7. The predicted octanol–water partition coefficient (Wildman–Crippen LogP) is 2.03. The number of pyridine rings is 1. The Morgan fingerprint density at radius 2 is 1.82 bits per heavy atom. The number of nitrogens with zero attached hydrogens (tertiary/aromatic N) is 8. The maximum atomic E-state index is 13.2. The van der Waals surface area contributed by atoms with Crippen LogP contribution in [0.4, 0.5) is 8.78 Å². The summed E-state index contributed by atoms with van der Waals surface area (Å²) in [4.78, 5) is 37.4. The van der Waals surface area contributed by atoms with Crippen LogP contribution in [-0.4, -0.2) is 85.0 Å². The first-order valence-corrected chi connectivity index (χ1v) is 11.7. The van der Waals surface area contributed by atoms with Crippen molar-refractivity contribution >= 4 is 11.8 Å². The van der Waals surface area contributed by atoms with E-state index in [4.69, 9.17) is 4.42 Å². The minimum atomic E-state index is -2.89. The highest BCUT2D eigenvalue weighted by atomic mass is 19.3. The largest absolute Gasteiger partial charge is 0.444 e. The first-order chi connectivity index (χ1) is 18.4. The maximum absolute atomic E-state index is 13.2. The van der Waals surface area contributed by atoms with Crippen molar-refractivity contribution in [3.63, 3.8) is 0 Å². The van der Waals surface area contributed by atoms with Crippen molar-refractivity contribution < 1.29 is 22.8 Å². The van der Waals surface area contributed by atoms with E-state index in [1.54, 1.807) is 17.0 Å². The van der Waals surface area contributed by atoms with Crippen LogP contribution >= 0.6 is 0 Å². The number of hydrogen-bond acceptors (Lipinski definition) is 9. The molecule has 4 aromatic rings. The van der Waals surface area contributed by atoms with Crippen LogP contribution in [0.5, 0.6) is 0 Å². The van der Waals surface area contributed by atoms with Crippen molar-refractivity contribution in [2.75, 3.05) is 33.2 Å². The van der Waals surface area contributed by atoms with E-state index in [1.807, 2.05) is 35.2 Å². The number of halogens is 2. The third-order valence-electron chi connectivity index (χ3n) is 6.13. The monoisotopic (exact) mass is 523 g/mol. The quantitative estimate of drug-likeness (QED) is 0.386. The van der Waals surface area contributed by atoms with Crippen molar-refractivity contribution in [3.8, 4) is 11.5 Å². The molecule has 1 saturated heterocycles. The summed E-state index contributed by atoms with van der Waals surface area (Å²) in [6.07, 6.45) is 2.72. The lowest BCUT2D eigenvalue weighted by atomic mass is 10.0. The Morgan fingerprint density at radius 3 is 2.50 bits per heavy atom. The molecule has 0 unspecified atom stereocenters. The molecule has 1 atom stereocenters. The number of benzene rings is 1. The molecule has 38 heavy (non-hydrogen) atoms. The van der Waals surface area contributed by atoms with Gasteiger partial charge in [0.1, 0.15) is 12.0 Å². The van der Waals surface area contributed by atoms with Crippen LogP contribution in [0.25, 0.3) is 11.5 Å². The van der Waals surface area contributed by atoms with Gasteiger partial charge in [0, 0.05) is 45.0 Å². The smallest absolute Gasteiger partial charge is 0.350 e. The number of tetrazole rings is 1. The van der Waals surface area contributed by atoms with Gasteiger partial charge < -0.3 is 14.6 Å². The van der Waals surface area contributed by atoms with Gasteiger partial charge in [0.05, 0.1) is 6.04 Å². The first kappa shape index (κ1) is 25.1. The number of carbonyl (C=O) groups is 2. The van der Waals surface area contributed by atoms with Crippen molar-refractivity contribution in [2.45, 2.75) is 12.6 Å². The number of aromatic nitrogens is 6. The molecule has 1 N–H and O–H groups in total. The standard InChI is InChI=1S/C24H23F2N9O3/c1-27-21(36)18-14-38-22(29-18)16-7-8-28-17(13-16)23(37)34-11-9-33(10-12-34)19(15-5-3-2-4-6-15)20-30-32-35(31-20)24(25)26/h2-8,13-14,19,24H,9-12H2,1H3,(H,27,36)/t19-/m1/s1. The van der Waals surface area contributed by atoms with Crippen LogP contribution in [0.3, 0.4) is 0 Å². The predicted molar refractivity (Wildman–Crippen MR) is 128 cm³/mol. The molecule has 4 heterocycles. The number of oxazole rings is 1. The van der Waals surface area contributed by atoms with Gasteiger partial charge in [-0.05, 0) is 22.9 Å². The van der Waals surface area contributed by atoms with Crippen LogP contribution in [-0.2, 0) is 0 Å². The third-order valence-corrected chi connectivity index (χ3v) is 6.13. The van der Waals surface area contributed by atoms with Crippen molar-refractivity contribution in [2.24, 2.45) is 0 Å². The van der Waals surface area contributed by atoms with E-state index in [0.29, 0.717) is 31.7 Å². The molecule has 0 bridgehead atoms. The zero-order valence-electron chi connectivity index (χ0n) is 20.2. The fraction of sp³-hybridized carbons (Fsp3) is 0.292. The summed E-state index contributed by atoms with van der Waals surface area (Å²) in [5.74, 6) is -0.306. The fourth-order valence-corrected chi connectivity index (χ4v) is 4.25. The van der Waals surface area contributed by atoms with Gasteiger partial charge in [-0.15, -0.1) is 10.2 Å². The molecule has 3 aromatic heterocycles. The van der Waals surface area contributed by atoms with Crippen LogP contribution < -0.4 is 5.32 Å². The second-order valence-electron chi connectivity index (χ2n) is 8.43. The summed E-state index contributed by atoms with van der Waals surface area (Å²) in [5.41, 5.74) is 1.67. The van der Waals surface area contributed by atoms with E-state index in [0.717, 1.165) is 5.56 Å². The third kappa shape index (κ3) is 5.11. The van der Waals surface area contributed by atoms with E-state index >= 15 is 0 Å². The number of carbonyl (C=O) groups excluding carboxylic acids is 2. The van der Waals surface area contributed by atoms with Gasteiger partial charge in [-0.25, -0.2) is 4.98 Å². The number of nitrogens with one attached hydrogen (secondary N) is 1. The molecule has 0 spiro atoms. The average molecular weight is 524 g/mol. The number of amides is 2. The zero-order chi connectivity index (χ0) is 26.6. The number of hydrogen-bond donors (Lipinski definition) is 1. The van der Waals surface area contributed by atoms with E-state index in [2.05, 4.69) is 30.7 Å². The van der Waals surface area contributed by atoms with Gasteiger partial charge in [0.2, 0.25) is 5.89 Å². The van der Waals surface area contributed by atoms with Crippen molar-refractivity contribution in [3.05, 3.63) is 77.7 Å². The Morgan fingerprint density at radius 1 is 1.05 bits per heavy atom. The Kier molecular flexibility index (Phi) is 7.13. The summed E-state index contributed by atoms with van der Waals surface area (Å²) in [6.45, 7) is -1.25. The summed E-state index contributed by atoms with van der Waals surface area (Å²) in [5, 5.41) is 13.7. The molecule has 14 heteroatoms. The Bertz CT molecular complexity index is 1420. The van der Waals surface area contributed by atoms with Gasteiger partial charge in [-0.3, -0.25) is 19.5 Å². The molecule has 12 nitrogen and oxygen atoms in total. The lowest BCUT2D eigenvalue weighted by Crippen LogP contribution is -2.50. The summed E-state index contributed by atoms with van der Waals surface area (Å²) >= 11 is 0. The van der Waals surface area contributed by atoms with Crippen LogP contribution in [0.15, 0.2) is 59.3 Å². The zero-order valence-corrected chi connectivity index (χ0v) is 20.2. The highest BCUT2D eigenvalue weighted by Gasteiger charge is 2.32. The van der Waals surface area contributed by atoms with Gasteiger partial charge in [-0.2, -0.15) is 8.78 Å². The van der Waals surface area contributed by atoms with Gasteiger partial charge in [0.15, 0.2) is 11.5 Å². The molecular formula is C24H23F2N9O3. The molecule has 0 saturated carbocycles. The van der Waals surface area contributed by atoms with Crippen molar-refractivity contribution in [1.29, 1.82) is 0 Å². The highest BCUT2D eigenvalue weighted by molar-refractivity contribution is 5.94. The Balaban J connectivity index is 1.30. The summed E-state index contributed by atoms with van der Waals surface area (Å²) < 4.78 is 31.6. The molecule has 1 aromatic carbocycles. The van der Waals surface area contributed by atoms with E-state index in [9.17, 15) is 18.4 Å². The van der Waals surface area contributed by atoms with Crippen LogP contribution in [0, 0.1) is 0 Å². The summed E-state index contributed by atoms with van der Waals surface area (Å²) in [7, 11) is 1.49. The maximum Gasteiger partial charge on any atom is 0.350 e. The molecule has 196 valence electrons. The number of alkyl halides is 2. The molecule has 0 aliphatic carbocycles. The molecule has 1 aliphatic rings. The van der Waals surface area contributed by atoms with Gasteiger partial charge in [0.25, 0.3) is 11.8 Å². The highest BCUT2D eigenvalue weighted by Crippen LogP contribution is 2.28. The molecule has 0 radical (unpaired) electrons. The van der Waals surface area contributed by atoms with E-state index < -0.39 is 12.6 Å². The number of rotatable bonds is 7. The van der Waals surface area contributed by atoms with Gasteiger partial charge in [-0.1, -0.05) is 35.1 Å². The lowest BCUT2D eigenvalue weighted by molar-refractivity contribution is 0.0385. The molecule has 2 amide bonds. The van der Waals surface area contributed by atoms with Crippen LogP contribution in [0.2, 0.25) is 0 Å². The van der Waals surface area contributed by atoms with Crippen molar-refractivity contribution in [1.82, 2.24) is 45.3 Å². The molecule has 1 fully saturated rings. The second-order valence-corrected chi connectivity index (χ2v) is 8.43. The normalized spacial score (nSPS) is 15.0. The van der Waals surface area contributed by atoms with Gasteiger partial charge >= 0.3 is 6.55 Å². The number of piperazine rings is 1. The Hall–Kier alpha value is -4.59.